The van der Waals surface area contributed by atoms with Gasteiger partial charge in [-0.1, -0.05) is 23.7 Å². The number of rotatable bonds is 4. The average molecular weight is 242 g/mol. The van der Waals surface area contributed by atoms with Crippen molar-refractivity contribution < 1.29 is 9.53 Å². The number of ether oxygens (including phenoxy) is 1. The highest BCUT2D eigenvalue weighted by atomic mass is 35.5. The van der Waals surface area contributed by atoms with Gasteiger partial charge in [0, 0.05) is 5.02 Å². The first-order valence-corrected chi connectivity index (χ1v) is 5.44. The Morgan fingerprint density at radius 1 is 1.50 bits per heavy atom. The first-order valence-electron chi connectivity index (χ1n) is 5.06. The third-order valence-electron chi connectivity index (χ3n) is 2.39. The molecule has 0 aromatic heterocycles. The standard InChI is InChI=1S/C12H16ClNO2/c1-12(2,14-3)11(15)16-8-9-5-4-6-10(13)7-9/h4-7,14H,8H2,1-3H3. The third kappa shape index (κ3) is 3.51. The molecule has 0 bridgehead atoms. The van der Waals surface area contributed by atoms with Crippen LogP contribution in [0, 0.1) is 0 Å². The average Bonchev–Trinajstić information content (AvgIpc) is 2.26. The van der Waals surface area contributed by atoms with Crippen molar-refractivity contribution in [3.63, 3.8) is 0 Å². The van der Waals surface area contributed by atoms with Crippen LogP contribution in [0.1, 0.15) is 19.4 Å². The highest BCUT2D eigenvalue weighted by Crippen LogP contribution is 2.13. The summed E-state index contributed by atoms with van der Waals surface area (Å²) in [6.45, 7) is 3.78. The predicted molar refractivity (Wildman–Crippen MR) is 64.4 cm³/mol. The Morgan fingerprint density at radius 3 is 2.75 bits per heavy atom. The maximum Gasteiger partial charge on any atom is 0.326 e. The summed E-state index contributed by atoms with van der Waals surface area (Å²) in [6, 6.07) is 7.26. The summed E-state index contributed by atoms with van der Waals surface area (Å²) in [5.74, 6) is -0.282. The number of benzene rings is 1. The van der Waals surface area contributed by atoms with Crippen LogP contribution >= 0.6 is 11.6 Å². The van der Waals surface area contributed by atoms with Crippen LogP contribution in [0.2, 0.25) is 5.02 Å². The number of likely N-dealkylation sites (N-methyl/N-ethyl adjacent to an activating group) is 1. The Kier molecular flexibility index (Phi) is 4.33. The molecule has 0 aliphatic heterocycles. The van der Waals surface area contributed by atoms with Gasteiger partial charge in [0.15, 0.2) is 0 Å². The fourth-order valence-electron chi connectivity index (χ4n) is 1.06. The van der Waals surface area contributed by atoms with Crippen LogP contribution in [0.25, 0.3) is 0 Å². The molecule has 1 N–H and O–H groups in total. The number of carbonyl (C=O) groups is 1. The Balaban J connectivity index is 2.56. The van der Waals surface area contributed by atoms with E-state index in [0.29, 0.717) is 5.02 Å². The molecular weight excluding hydrogens is 226 g/mol. The molecule has 0 aliphatic rings. The summed E-state index contributed by atoms with van der Waals surface area (Å²) in [6.07, 6.45) is 0. The summed E-state index contributed by atoms with van der Waals surface area (Å²) in [5.41, 5.74) is 0.214. The highest BCUT2D eigenvalue weighted by Gasteiger charge is 2.26. The predicted octanol–water partition coefficient (Wildman–Crippen LogP) is 2.38. The molecule has 0 aliphatic carbocycles. The van der Waals surface area contributed by atoms with Gasteiger partial charge >= 0.3 is 5.97 Å². The Labute approximate surface area is 101 Å². The van der Waals surface area contributed by atoms with Gasteiger partial charge in [-0.15, -0.1) is 0 Å². The van der Waals surface area contributed by atoms with Crippen LogP contribution in [0.4, 0.5) is 0 Å². The van der Waals surface area contributed by atoms with Gasteiger partial charge in [-0.25, -0.2) is 0 Å². The Hall–Kier alpha value is -1.06. The zero-order valence-corrected chi connectivity index (χ0v) is 10.5. The van der Waals surface area contributed by atoms with Gasteiger partial charge in [-0.3, -0.25) is 4.79 Å². The van der Waals surface area contributed by atoms with Gasteiger partial charge in [0.1, 0.15) is 12.1 Å². The molecule has 4 heteroatoms. The molecule has 0 saturated heterocycles. The second-order valence-corrected chi connectivity index (χ2v) is 4.52. The van der Waals surface area contributed by atoms with E-state index in [1.165, 1.54) is 0 Å². The van der Waals surface area contributed by atoms with Crippen molar-refractivity contribution in [2.24, 2.45) is 0 Å². The van der Waals surface area contributed by atoms with Gasteiger partial charge in [0.05, 0.1) is 0 Å². The molecule has 0 fully saturated rings. The molecule has 1 aromatic carbocycles. The maximum absolute atomic E-state index is 11.6. The van der Waals surface area contributed by atoms with Crippen LogP contribution in [0.5, 0.6) is 0 Å². The molecule has 1 aromatic rings. The van der Waals surface area contributed by atoms with Crippen molar-refractivity contribution in [1.29, 1.82) is 0 Å². The first kappa shape index (κ1) is 13.0. The number of carbonyl (C=O) groups excluding carboxylic acids is 1. The quantitative estimate of drug-likeness (QED) is 0.823. The number of nitrogens with one attached hydrogen (secondary N) is 1. The van der Waals surface area contributed by atoms with E-state index in [-0.39, 0.29) is 12.6 Å². The van der Waals surface area contributed by atoms with Crippen LogP contribution in [0.15, 0.2) is 24.3 Å². The fraction of sp³-hybridized carbons (Fsp3) is 0.417. The minimum Gasteiger partial charge on any atom is -0.459 e. The molecule has 0 spiro atoms. The van der Waals surface area contributed by atoms with E-state index in [1.54, 1.807) is 33.0 Å². The second-order valence-electron chi connectivity index (χ2n) is 4.08. The molecule has 0 atom stereocenters. The smallest absolute Gasteiger partial charge is 0.326 e. The largest absolute Gasteiger partial charge is 0.459 e. The Morgan fingerprint density at radius 2 is 2.19 bits per heavy atom. The number of esters is 1. The van der Waals surface area contributed by atoms with Gasteiger partial charge in [0.2, 0.25) is 0 Å². The molecule has 0 heterocycles. The molecule has 3 nitrogen and oxygen atoms in total. The SMILES string of the molecule is CNC(C)(C)C(=O)OCc1cccc(Cl)c1. The fourth-order valence-corrected chi connectivity index (χ4v) is 1.27. The summed E-state index contributed by atoms with van der Waals surface area (Å²) in [5, 5.41) is 3.53. The van der Waals surface area contributed by atoms with Crippen molar-refractivity contribution >= 4 is 17.6 Å². The molecule has 0 saturated carbocycles. The lowest BCUT2D eigenvalue weighted by molar-refractivity contribution is -0.151. The molecule has 16 heavy (non-hydrogen) atoms. The van der Waals surface area contributed by atoms with E-state index in [2.05, 4.69) is 5.32 Å². The van der Waals surface area contributed by atoms with Gasteiger partial charge in [-0.05, 0) is 38.6 Å². The van der Waals surface area contributed by atoms with E-state index in [9.17, 15) is 4.79 Å². The number of halogens is 1. The normalized spacial score (nSPS) is 11.2. The van der Waals surface area contributed by atoms with E-state index in [4.69, 9.17) is 16.3 Å². The maximum atomic E-state index is 11.6. The van der Waals surface area contributed by atoms with Crippen molar-refractivity contribution in [3.8, 4) is 0 Å². The van der Waals surface area contributed by atoms with Crippen LogP contribution in [0.3, 0.4) is 0 Å². The number of hydrogen-bond acceptors (Lipinski definition) is 3. The summed E-state index contributed by atoms with van der Waals surface area (Å²) < 4.78 is 5.18. The third-order valence-corrected chi connectivity index (χ3v) is 2.63. The van der Waals surface area contributed by atoms with Gasteiger partial charge in [-0.2, -0.15) is 0 Å². The van der Waals surface area contributed by atoms with E-state index >= 15 is 0 Å². The van der Waals surface area contributed by atoms with Crippen molar-refractivity contribution in [1.82, 2.24) is 5.32 Å². The topological polar surface area (TPSA) is 38.3 Å². The van der Waals surface area contributed by atoms with Crippen LogP contribution < -0.4 is 5.32 Å². The molecule has 0 amide bonds. The zero-order chi connectivity index (χ0) is 12.2. The van der Waals surface area contributed by atoms with Crippen molar-refractivity contribution in [2.45, 2.75) is 26.0 Å². The minimum atomic E-state index is -0.668. The van der Waals surface area contributed by atoms with Crippen LogP contribution in [-0.2, 0) is 16.1 Å². The van der Waals surface area contributed by atoms with E-state index in [1.807, 2.05) is 12.1 Å². The summed E-state index contributed by atoms with van der Waals surface area (Å²) in [7, 11) is 1.72. The van der Waals surface area contributed by atoms with E-state index in [0.717, 1.165) is 5.56 Å². The molecule has 0 radical (unpaired) electrons. The lowest BCUT2D eigenvalue weighted by Crippen LogP contribution is -2.45. The molecule has 0 unspecified atom stereocenters. The number of hydrogen-bond donors (Lipinski definition) is 1. The van der Waals surface area contributed by atoms with Crippen LogP contribution in [-0.4, -0.2) is 18.6 Å². The Bertz CT molecular complexity index is 377. The molecule has 88 valence electrons. The highest BCUT2D eigenvalue weighted by molar-refractivity contribution is 6.30. The van der Waals surface area contributed by atoms with Gasteiger partial charge in [0.25, 0.3) is 0 Å². The lowest BCUT2D eigenvalue weighted by Gasteiger charge is -2.21. The van der Waals surface area contributed by atoms with E-state index < -0.39 is 5.54 Å². The van der Waals surface area contributed by atoms with Crippen molar-refractivity contribution in [2.75, 3.05) is 7.05 Å². The first-order chi connectivity index (χ1) is 7.45. The summed E-state index contributed by atoms with van der Waals surface area (Å²) in [4.78, 5) is 11.6. The molecule has 1 rings (SSSR count). The summed E-state index contributed by atoms with van der Waals surface area (Å²) >= 11 is 5.82. The lowest BCUT2D eigenvalue weighted by atomic mass is 10.1. The minimum absolute atomic E-state index is 0.241. The monoisotopic (exact) mass is 241 g/mol. The molecular formula is C12H16ClNO2. The van der Waals surface area contributed by atoms with Gasteiger partial charge < -0.3 is 10.1 Å². The van der Waals surface area contributed by atoms with Crippen molar-refractivity contribution in [3.05, 3.63) is 34.9 Å². The second kappa shape index (κ2) is 5.32. The zero-order valence-electron chi connectivity index (χ0n) is 9.71.